The topological polar surface area (TPSA) is 68.0 Å². The molecule has 2 N–H and O–H groups in total. The van der Waals surface area contributed by atoms with Crippen LogP contribution in [-0.4, -0.2) is 44.9 Å². The van der Waals surface area contributed by atoms with E-state index in [4.69, 9.17) is 13.9 Å². The molecular weight excluding hydrogens is 282 g/mol. The molecule has 1 aliphatic rings. The number of hydrogen-bond acceptors (Lipinski definition) is 4. The highest BCUT2D eigenvalue weighted by Crippen LogP contribution is 2.23. The van der Waals surface area contributed by atoms with Gasteiger partial charge in [0.2, 0.25) is 0 Å². The van der Waals surface area contributed by atoms with Crippen LogP contribution in [-0.2, 0) is 16.1 Å². The van der Waals surface area contributed by atoms with E-state index in [0.29, 0.717) is 13.2 Å². The molecule has 0 amide bonds. The van der Waals surface area contributed by atoms with Crippen LogP contribution < -0.4 is 10.6 Å². The summed E-state index contributed by atoms with van der Waals surface area (Å²) in [7, 11) is 1.78. The molecule has 6 heteroatoms. The number of nitrogens with zero attached hydrogens (tertiary/aromatic N) is 1. The van der Waals surface area contributed by atoms with E-state index in [2.05, 4.69) is 22.5 Å². The number of rotatable bonds is 8. The monoisotopic (exact) mass is 309 g/mol. The summed E-state index contributed by atoms with van der Waals surface area (Å²) in [5.41, 5.74) is -0.0657. The number of guanidine groups is 1. The predicted octanol–water partition coefficient (Wildman–Crippen LogP) is 1.92. The first kappa shape index (κ1) is 16.8. The van der Waals surface area contributed by atoms with Gasteiger partial charge in [-0.05, 0) is 38.3 Å². The van der Waals surface area contributed by atoms with Gasteiger partial charge in [-0.3, -0.25) is 4.99 Å². The van der Waals surface area contributed by atoms with Crippen LogP contribution in [0, 0.1) is 0 Å². The molecule has 0 bridgehead atoms. The Bertz CT molecular complexity index is 439. The van der Waals surface area contributed by atoms with Crippen LogP contribution in [0.15, 0.2) is 27.8 Å². The fourth-order valence-corrected chi connectivity index (χ4v) is 2.42. The lowest BCUT2D eigenvalue weighted by Crippen LogP contribution is -2.45. The maximum Gasteiger partial charge on any atom is 0.191 e. The minimum atomic E-state index is -0.0657. The smallest absolute Gasteiger partial charge is 0.191 e. The Hall–Kier alpha value is -1.53. The summed E-state index contributed by atoms with van der Waals surface area (Å²) in [6, 6.07) is 3.78. The Morgan fingerprint density at radius 3 is 3.05 bits per heavy atom. The van der Waals surface area contributed by atoms with Crippen molar-refractivity contribution >= 4 is 5.96 Å². The molecular formula is C16H27N3O3. The molecule has 1 aromatic heterocycles. The van der Waals surface area contributed by atoms with E-state index in [1.165, 1.54) is 0 Å². The van der Waals surface area contributed by atoms with E-state index in [1.807, 2.05) is 12.1 Å². The summed E-state index contributed by atoms with van der Waals surface area (Å²) >= 11 is 0. The number of aliphatic imine (C=N–C) groups is 1. The highest BCUT2D eigenvalue weighted by atomic mass is 16.5. The van der Waals surface area contributed by atoms with Crippen molar-refractivity contribution in [1.82, 2.24) is 10.6 Å². The van der Waals surface area contributed by atoms with Crippen molar-refractivity contribution < 1.29 is 13.9 Å². The second kappa shape index (κ2) is 8.80. The molecule has 1 saturated heterocycles. The highest BCUT2D eigenvalue weighted by molar-refractivity contribution is 5.79. The van der Waals surface area contributed by atoms with Crippen molar-refractivity contribution in [2.75, 3.05) is 33.4 Å². The molecule has 1 unspecified atom stereocenters. The van der Waals surface area contributed by atoms with E-state index in [0.717, 1.165) is 50.7 Å². The normalized spacial score (nSPS) is 22.0. The van der Waals surface area contributed by atoms with Crippen molar-refractivity contribution in [1.29, 1.82) is 0 Å². The van der Waals surface area contributed by atoms with Crippen LogP contribution in [0.2, 0.25) is 0 Å². The van der Waals surface area contributed by atoms with Gasteiger partial charge >= 0.3 is 0 Å². The molecule has 0 spiro atoms. The van der Waals surface area contributed by atoms with Crippen molar-refractivity contribution in [3.05, 3.63) is 24.2 Å². The molecule has 1 aromatic rings. The second-order valence-corrected chi connectivity index (χ2v) is 5.74. The van der Waals surface area contributed by atoms with Gasteiger partial charge in [0.25, 0.3) is 0 Å². The third-order valence-electron chi connectivity index (χ3n) is 3.74. The number of ether oxygens (including phenoxy) is 2. The summed E-state index contributed by atoms with van der Waals surface area (Å²) in [5, 5.41) is 6.61. The van der Waals surface area contributed by atoms with Gasteiger partial charge in [-0.15, -0.1) is 0 Å². The predicted molar refractivity (Wildman–Crippen MR) is 85.9 cm³/mol. The molecule has 0 saturated carbocycles. The quantitative estimate of drug-likeness (QED) is 0.436. The molecule has 0 radical (unpaired) electrons. The molecule has 0 aromatic carbocycles. The van der Waals surface area contributed by atoms with E-state index >= 15 is 0 Å². The molecule has 124 valence electrons. The maximum absolute atomic E-state index is 5.75. The average Bonchev–Trinajstić information content (AvgIpc) is 3.18. The molecule has 22 heavy (non-hydrogen) atoms. The van der Waals surface area contributed by atoms with E-state index in [1.54, 1.807) is 13.3 Å². The van der Waals surface area contributed by atoms with Gasteiger partial charge in [-0.2, -0.15) is 0 Å². The zero-order valence-corrected chi connectivity index (χ0v) is 13.6. The summed E-state index contributed by atoms with van der Waals surface area (Å²) < 4.78 is 16.5. The van der Waals surface area contributed by atoms with Crippen molar-refractivity contribution in [2.45, 2.75) is 38.4 Å². The van der Waals surface area contributed by atoms with Crippen LogP contribution >= 0.6 is 0 Å². The Labute approximate surface area is 132 Å². The summed E-state index contributed by atoms with van der Waals surface area (Å²) in [6.07, 6.45) is 4.80. The third-order valence-corrected chi connectivity index (χ3v) is 3.74. The van der Waals surface area contributed by atoms with E-state index < -0.39 is 0 Å². The molecule has 6 nitrogen and oxygen atoms in total. The first-order chi connectivity index (χ1) is 10.7. The molecule has 0 aliphatic carbocycles. The fraction of sp³-hybridized carbons (Fsp3) is 0.688. The van der Waals surface area contributed by atoms with Gasteiger partial charge in [0.15, 0.2) is 5.96 Å². The Morgan fingerprint density at radius 1 is 1.45 bits per heavy atom. The van der Waals surface area contributed by atoms with Gasteiger partial charge in [-0.1, -0.05) is 0 Å². The third kappa shape index (κ3) is 5.69. The summed E-state index contributed by atoms with van der Waals surface area (Å²) in [4.78, 5) is 4.22. The van der Waals surface area contributed by atoms with Gasteiger partial charge < -0.3 is 24.5 Å². The zero-order chi connectivity index (χ0) is 15.7. The van der Waals surface area contributed by atoms with Crippen molar-refractivity contribution in [2.24, 2.45) is 4.99 Å². The SMILES string of the molecule is CN=C(NCCCOCc1ccco1)NCC1(C)CCCO1. The van der Waals surface area contributed by atoms with Crippen molar-refractivity contribution in [3.63, 3.8) is 0 Å². The first-order valence-electron chi connectivity index (χ1n) is 7.90. The first-order valence-corrected chi connectivity index (χ1v) is 7.90. The number of nitrogens with one attached hydrogen (secondary N) is 2. The van der Waals surface area contributed by atoms with Crippen LogP contribution in [0.25, 0.3) is 0 Å². The average molecular weight is 309 g/mol. The molecule has 1 aliphatic heterocycles. The summed E-state index contributed by atoms with van der Waals surface area (Å²) in [5.74, 6) is 1.66. The molecule has 2 rings (SSSR count). The molecule has 1 fully saturated rings. The summed E-state index contributed by atoms with van der Waals surface area (Å²) in [6.45, 7) is 5.80. The van der Waals surface area contributed by atoms with Gasteiger partial charge in [0, 0.05) is 33.4 Å². The van der Waals surface area contributed by atoms with Crippen LogP contribution in [0.3, 0.4) is 0 Å². The minimum absolute atomic E-state index is 0.0657. The van der Waals surface area contributed by atoms with E-state index in [-0.39, 0.29) is 5.60 Å². The largest absolute Gasteiger partial charge is 0.467 e. The van der Waals surface area contributed by atoms with E-state index in [9.17, 15) is 0 Å². The zero-order valence-electron chi connectivity index (χ0n) is 13.6. The lowest BCUT2D eigenvalue weighted by molar-refractivity contribution is 0.0242. The highest BCUT2D eigenvalue weighted by Gasteiger charge is 2.29. The van der Waals surface area contributed by atoms with Gasteiger partial charge in [0.05, 0.1) is 11.9 Å². The second-order valence-electron chi connectivity index (χ2n) is 5.74. The van der Waals surface area contributed by atoms with Crippen LogP contribution in [0.4, 0.5) is 0 Å². The van der Waals surface area contributed by atoms with Gasteiger partial charge in [-0.25, -0.2) is 0 Å². The Morgan fingerprint density at radius 2 is 2.36 bits per heavy atom. The standard InChI is InChI=1S/C16H27N3O3/c1-16(7-4-11-22-16)13-19-15(17-2)18-8-5-9-20-12-14-6-3-10-21-14/h3,6,10H,4-5,7-9,11-13H2,1-2H3,(H2,17,18,19). The van der Waals surface area contributed by atoms with Crippen LogP contribution in [0.5, 0.6) is 0 Å². The minimum Gasteiger partial charge on any atom is -0.467 e. The Kier molecular flexibility index (Phi) is 6.74. The number of furan rings is 1. The van der Waals surface area contributed by atoms with Crippen LogP contribution in [0.1, 0.15) is 31.9 Å². The lowest BCUT2D eigenvalue weighted by atomic mass is 10.0. The maximum atomic E-state index is 5.75. The fourth-order valence-electron chi connectivity index (χ4n) is 2.42. The number of hydrogen-bond donors (Lipinski definition) is 2. The lowest BCUT2D eigenvalue weighted by Gasteiger charge is -2.24. The molecule has 1 atom stereocenters. The van der Waals surface area contributed by atoms with Crippen molar-refractivity contribution in [3.8, 4) is 0 Å². The molecule has 2 heterocycles. The van der Waals surface area contributed by atoms with Gasteiger partial charge in [0.1, 0.15) is 12.4 Å². The Balaban J connectivity index is 1.52.